The topological polar surface area (TPSA) is 89.8 Å². The molecule has 5 heteroatoms. The van der Waals surface area contributed by atoms with Gasteiger partial charge in [-0.15, -0.1) is 0 Å². The molecule has 0 aromatic heterocycles. The van der Waals surface area contributed by atoms with E-state index >= 15 is 0 Å². The minimum absolute atomic E-state index is 0.125. The van der Waals surface area contributed by atoms with Crippen LogP contribution in [0.4, 0.5) is 5.69 Å². The summed E-state index contributed by atoms with van der Waals surface area (Å²) in [7, 11) is 0. The molecule has 1 aliphatic heterocycles. The second kappa shape index (κ2) is 6.09. The van der Waals surface area contributed by atoms with Crippen molar-refractivity contribution in [3.63, 3.8) is 0 Å². The van der Waals surface area contributed by atoms with Gasteiger partial charge < -0.3 is 20.6 Å². The Morgan fingerprint density at radius 1 is 1.31 bits per heavy atom. The van der Waals surface area contributed by atoms with Crippen LogP contribution in [-0.2, 0) is 11.2 Å². The number of carboxylic acid groups (broad SMARTS) is 1. The van der Waals surface area contributed by atoms with E-state index in [4.69, 9.17) is 15.3 Å². The first-order chi connectivity index (χ1) is 7.69. The van der Waals surface area contributed by atoms with Gasteiger partial charge in [-0.25, -0.2) is 4.79 Å². The molecule has 0 saturated carbocycles. The molecule has 0 radical (unpaired) electrons. The molecule has 0 spiro atoms. The summed E-state index contributed by atoms with van der Waals surface area (Å²) in [6.45, 7) is -0.250. The van der Waals surface area contributed by atoms with Gasteiger partial charge in [-0.05, 0) is 11.6 Å². The van der Waals surface area contributed by atoms with Gasteiger partial charge in [0.05, 0.1) is 13.2 Å². The fourth-order valence-corrected chi connectivity index (χ4v) is 1.45. The van der Waals surface area contributed by atoms with Crippen LogP contribution >= 0.6 is 0 Å². The number of fused-ring (bicyclic) bond motifs is 1. The highest BCUT2D eigenvalue weighted by molar-refractivity contribution is 5.81. The van der Waals surface area contributed by atoms with Crippen molar-refractivity contribution in [3.05, 3.63) is 29.8 Å². The summed E-state index contributed by atoms with van der Waals surface area (Å²) in [5, 5.41) is 26.9. The number of rotatable bonds is 2. The standard InChI is InChI=1S/C9H9NO2.C2H6O2/c11-9(12)8-5-6-3-1-2-4-7(6)10-8;3-1-2-4/h1-4,8,10H,5H2,(H,11,12);3-4H,1-2H2. The zero-order chi connectivity index (χ0) is 12.0. The predicted molar refractivity (Wildman–Crippen MR) is 59.4 cm³/mol. The summed E-state index contributed by atoms with van der Waals surface area (Å²) < 4.78 is 0. The molecule has 5 nitrogen and oxygen atoms in total. The Morgan fingerprint density at radius 2 is 1.94 bits per heavy atom. The summed E-state index contributed by atoms with van der Waals surface area (Å²) >= 11 is 0. The molecule has 0 fully saturated rings. The minimum atomic E-state index is -0.786. The Hall–Kier alpha value is -1.59. The van der Waals surface area contributed by atoms with E-state index in [0.717, 1.165) is 11.3 Å². The van der Waals surface area contributed by atoms with E-state index in [-0.39, 0.29) is 13.2 Å². The normalized spacial score (nSPS) is 16.8. The second-order valence-corrected chi connectivity index (χ2v) is 3.34. The zero-order valence-electron chi connectivity index (χ0n) is 8.76. The van der Waals surface area contributed by atoms with Crippen molar-refractivity contribution in [2.24, 2.45) is 0 Å². The lowest BCUT2D eigenvalue weighted by molar-refractivity contribution is -0.137. The highest BCUT2D eigenvalue weighted by atomic mass is 16.4. The first-order valence-corrected chi connectivity index (χ1v) is 4.98. The average molecular weight is 225 g/mol. The number of aliphatic hydroxyl groups excluding tert-OH is 2. The molecule has 16 heavy (non-hydrogen) atoms. The monoisotopic (exact) mass is 225 g/mol. The van der Waals surface area contributed by atoms with Crippen LogP contribution < -0.4 is 5.32 Å². The van der Waals surface area contributed by atoms with Crippen LogP contribution in [0.15, 0.2) is 24.3 Å². The summed E-state index contributed by atoms with van der Waals surface area (Å²) in [5.41, 5.74) is 2.04. The number of hydrogen-bond donors (Lipinski definition) is 4. The van der Waals surface area contributed by atoms with E-state index in [9.17, 15) is 4.79 Å². The maximum absolute atomic E-state index is 10.6. The Morgan fingerprint density at radius 3 is 2.44 bits per heavy atom. The molecule has 1 heterocycles. The van der Waals surface area contributed by atoms with Gasteiger partial charge in [0.2, 0.25) is 0 Å². The lowest BCUT2D eigenvalue weighted by atomic mass is 10.1. The van der Waals surface area contributed by atoms with Gasteiger partial charge in [0.15, 0.2) is 0 Å². The molecule has 1 aromatic carbocycles. The van der Waals surface area contributed by atoms with Crippen LogP contribution in [0.3, 0.4) is 0 Å². The summed E-state index contributed by atoms with van der Waals surface area (Å²) in [5.74, 6) is -0.786. The number of aliphatic hydroxyl groups is 2. The lowest BCUT2D eigenvalue weighted by Gasteiger charge is -2.02. The lowest BCUT2D eigenvalue weighted by Crippen LogP contribution is -2.26. The Kier molecular flexibility index (Phi) is 4.75. The molecule has 0 bridgehead atoms. The minimum Gasteiger partial charge on any atom is -0.480 e. The van der Waals surface area contributed by atoms with Gasteiger partial charge in [0.25, 0.3) is 0 Å². The third kappa shape index (κ3) is 3.22. The molecule has 1 unspecified atom stereocenters. The molecule has 1 aliphatic rings. The smallest absolute Gasteiger partial charge is 0.326 e. The molecule has 4 N–H and O–H groups in total. The highest BCUT2D eigenvalue weighted by Gasteiger charge is 2.25. The first kappa shape index (κ1) is 12.5. The number of carbonyl (C=O) groups is 1. The number of aliphatic carboxylic acids is 1. The molecule has 2 rings (SSSR count). The van der Waals surface area contributed by atoms with Gasteiger partial charge in [-0.2, -0.15) is 0 Å². The van der Waals surface area contributed by atoms with Crippen molar-refractivity contribution in [2.75, 3.05) is 18.5 Å². The van der Waals surface area contributed by atoms with Gasteiger partial charge in [0.1, 0.15) is 6.04 Å². The van der Waals surface area contributed by atoms with Crippen molar-refractivity contribution >= 4 is 11.7 Å². The van der Waals surface area contributed by atoms with Crippen molar-refractivity contribution in [1.29, 1.82) is 0 Å². The van der Waals surface area contributed by atoms with Crippen LogP contribution in [0.25, 0.3) is 0 Å². The molecule has 1 atom stereocenters. The Bertz CT molecular complexity index is 327. The fraction of sp³-hybridized carbons (Fsp3) is 0.364. The van der Waals surface area contributed by atoms with Crippen LogP contribution in [0.5, 0.6) is 0 Å². The van der Waals surface area contributed by atoms with Crippen molar-refractivity contribution in [1.82, 2.24) is 0 Å². The van der Waals surface area contributed by atoms with Gasteiger partial charge in [-0.3, -0.25) is 0 Å². The third-order valence-corrected chi connectivity index (χ3v) is 2.17. The van der Waals surface area contributed by atoms with E-state index in [1.165, 1.54) is 0 Å². The maximum Gasteiger partial charge on any atom is 0.326 e. The largest absolute Gasteiger partial charge is 0.480 e. The van der Waals surface area contributed by atoms with Crippen molar-refractivity contribution in [2.45, 2.75) is 12.5 Å². The number of nitrogens with one attached hydrogen (secondary N) is 1. The number of carboxylic acids is 1. The molecular formula is C11H15NO4. The van der Waals surface area contributed by atoms with Gasteiger partial charge in [-0.1, -0.05) is 18.2 Å². The second-order valence-electron chi connectivity index (χ2n) is 3.34. The quantitative estimate of drug-likeness (QED) is 0.572. The predicted octanol–water partition coefficient (Wildman–Crippen LogP) is 0.0788. The molecule has 1 aromatic rings. The molecule has 88 valence electrons. The van der Waals surface area contributed by atoms with E-state index in [0.29, 0.717) is 6.42 Å². The average Bonchev–Trinajstić information content (AvgIpc) is 2.73. The summed E-state index contributed by atoms with van der Waals surface area (Å²) in [6, 6.07) is 7.23. The van der Waals surface area contributed by atoms with E-state index in [1.54, 1.807) is 0 Å². The van der Waals surface area contributed by atoms with Gasteiger partial charge in [0, 0.05) is 12.1 Å². The van der Waals surface area contributed by atoms with Gasteiger partial charge >= 0.3 is 5.97 Å². The van der Waals surface area contributed by atoms with Crippen LogP contribution in [0, 0.1) is 0 Å². The zero-order valence-corrected chi connectivity index (χ0v) is 8.76. The molecular weight excluding hydrogens is 210 g/mol. The first-order valence-electron chi connectivity index (χ1n) is 4.98. The Labute approximate surface area is 93.4 Å². The molecule has 0 saturated heterocycles. The van der Waals surface area contributed by atoms with Crippen molar-refractivity contribution < 1.29 is 20.1 Å². The maximum atomic E-state index is 10.6. The number of para-hydroxylation sites is 1. The van der Waals surface area contributed by atoms with E-state index in [1.807, 2.05) is 24.3 Å². The number of hydrogen-bond acceptors (Lipinski definition) is 4. The third-order valence-electron chi connectivity index (χ3n) is 2.17. The molecule has 0 amide bonds. The Balaban J connectivity index is 0.000000280. The summed E-state index contributed by atoms with van der Waals surface area (Å²) in [6.07, 6.45) is 0.589. The van der Waals surface area contributed by atoms with Crippen LogP contribution in [0.1, 0.15) is 5.56 Å². The molecule has 0 aliphatic carbocycles. The summed E-state index contributed by atoms with van der Waals surface area (Å²) in [4.78, 5) is 10.6. The van der Waals surface area contributed by atoms with Crippen LogP contribution in [0.2, 0.25) is 0 Å². The van der Waals surface area contributed by atoms with Crippen LogP contribution in [-0.4, -0.2) is 40.5 Å². The van der Waals surface area contributed by atoms with E-state index < -0.39 is 12.0 Å². The van der Waals surface area contributed by atoms with Crippen molar-refractivity contribution in [3.8, 4) is 0 Å². The SMILES string of the molecule is O=C(O)C1Cc2ccccc2N1.OCCO. The van der Waals surface area contributed by atoms with E-state index in [2.05, 4.69) is 5.32 Å². The number of benzene rings is 1. The fourth-order valence-electron chi connectivity index (χ4n) is 1.45. The number of anilines is 1. The highest BCUT2D eigenvalue weighted by Crippen LogP contribution is 2.24.